The molecular formula is C11H17N3O2S. The number of anilines is 1. The zero-order valence-corrected chi connectivity index (χ0v) is 11.0. The van der Waals surface area contributed by atoms with Crippen molar-refractivity contribution in [2.45, 2.75) is 33.2 Å². The van der Waals surface area contributed by atoms with Crippen LogP contribution in [-0.2, 0) is 4.79 Å². The highest BCUT2D eigenvalue weighted by Gasteiger charge is 2.16. The van der Waals surface area contributed by atoms with Crippen LogP contribution in [0.5, 0.6) is 0 Å². The van der Waals surface area contributed by atoms with E-state index in [-0.39, 0.29) is 11.7 Å². The van der Waals surface area contributed by atoms with Gasteiger partial charge in [0.2, 0.25) is 5.91 Å². The number of nitrogens with zero attached hydrogens (tertiary/aromatic N) is 1. The number of carbonyl (C=O) groups is 2. The summed E-state index contributed by atoms with van der Waals surface area (Å²) in [6, 6.07) is -0.542. The van der Waals surface area contributed by atoms with Gasteiger partial charge < -0.3 is 11.1 Å². The van der Waals surface area contributed by atoms with Gasteiger partial charge in [-0.05, 0) is 12.3 Å². The monoisotopic (exact) mass is 255 g/mol. The second-order valence-corrected chi connectivity index (χ2v) is 5.18. The average molecular weight is 255 g/mol. The number of nitrogens with one attached hydrogen (secondary N) is 1. The maximum atomic E-state index is 11.7. The molecule has 0 saturated heterocycles. The Balaban J connectivity index is 2.58. The van der Waals surface area contributed by atoms with Gasteiger partial charge in [0.1, 0.15) is 5.69 Å². The van der Waals surface area contributed by atoms with Gasteiger partial charge in [-0.3, -0.25) is 9.59 Å². The van der Waals surface area contributed by atoms with Crippen LogP contribution in [0.1, 0.15) is 37.7 Å². The number of thiazole rings is 1. The van der Waals surface area contributed by atoms with E-state index in [1.165, 1.54) is 18.3 Å². The SMILES string of the molecule is CC(=O)c1csc(NC(=O)[C@H](N)CC(C)C)n1. The minimum Gasteiger partial charge on any atom is -0.320 e. The predicted octanol–water partition coefficient (Wildman–Crippen LogP) is 1.66. The van der Waals surface area contributed by atoms with Crippen LogP contribution < -0.4 is 11.1 Å². The Kier molecular flexibility index (Phi) is 4.77. The highest BCUT2D eigenvalue weighted by Crippen LogP contribution is 2.16. The number of hydrogen-bond acceptors (Lipinski definition) is 5. The molecule has 1 aromatic heterocycles. The Hall–Kier alpha value is -1.27. The van der Waals surface area contributed by atoms with Crippen LogP contribution in [0.4, 0.5) is 5.13 Å². The van der Waals surface area contributed by atoms with E-state index in [9.17, 15) is 9.59 Å². The Bertz CT molecular complexity index is 415. The zero-order chi connectivity index (χ0) is 13.0. The third kappa shape index (κ3) is 4.24. The van der Waals surface area contributed by atoms with E-state index in [1.807, 2.05) is 13.8 Å². The van der Waals surface area contributed by atoms with E-state index >= 15 is 0 Å². The van der Waals surface area contributed by atoms with E-state index in [1.54, 1.807) is 5.38 Å². The molecule has 0 aliphatic carbocycles. The van der Waals surface area contributed by atoms with Gasteiger partial charge in [-0.15, -0.1) is 11.3 Å². The van der Waals surface area contributed by atoms with E-state index < -0.39 is 6.04 Å². The van der Waals surface area contributed by atoms with Crippen molar-refractivity contribution in [1.82, 2.24) is 4.98 Å². The molecule has 5 nitrogen and oxygen atoms in total. The molecule has 0 radical (unpaired) electrons. The van der Waals surface area contributed by atoms with Crippen molar-refractivity contribution in [2.75, 3.05) is 5.32 Å². The van der Waals surface area contributed by atoms with E-state index in [4.69, 9.17) is 5.73 Å². The lowest BCUT2D eigenvalue weighted by Crippen LogP contribution is -2.36. The quantitative estimate of drug-likeness (QED) is 0.783. The number of amides is 1. The van der Waals surface area contributed by atoms with Crippen LogP contribution in [0.25, 0.3) is 0 Å². The normalized spacial score (nSPS) is 12.5. The molecule has 6 heteroatoms. The molecule has 0 aliphatic rings. The lowest BCUT2D eigenvalue weighted by molar-refractivity contribution is -0.117. The van der Waals surface area contributed by atoms with Crippen LogP contribution in [0.15, 0.2) is 5.38 Å². The highest BCUT2D eigenvalue weighted by molar-refractivity contribution is 7.14. The first-order valence-electron chi connectivity index (χ1n) is 5.43. The lowest BCUT2D eigenvalue weighted by atomic mass is 10.0. The molecule has 1 heterocycles. The summed E-state index contributed by atoms with van der Waals surface area (Å²) < 4.78 is 0. The maximum absolute atomic E-state index is 11.7. The van der Waals surface area contributed by atoms with Gasteiger partial charge in [-0.25, -0.2) is 4.98 Å². The molecule has 0 bridgehead atoms. The summed E-state index contributed by atoms with van der Waals surface area (Å²) in [6.07, 6.45) is 0.622. The molecule has 0 saturated carbocycles. The fourth-order valence-corrected chi connectivity index (χ4v) is 2.06. The Morgan fingerprint density at radius 2 is 2.18 bits per heavy atom. The number of rotatable bonds is 5. The molecule has 0 aromatic carbocycles. The van der Waals surface area contributed by atoms with Gasteiger partial charge >= 0.3 is 0 Å². The first-order valence-corrected chi connectivity index (χ1v) is 6.31. The minimum atomic E-state index is -0.542. The topological polar surface area (TPSA) is 85.1 Å². The summed E-state index contributed by atoms with van der Waals surface area (Å²) >= 11 is 1.22. The number of ketones is 1. The van der Waals surface area contributed by atoms with Crippen molar-refractivity contribution < 1.29 is 9.59 Å². The molecule has 0 aliphatic heterocycles. The molecule has 1 rings (SSSR count). The Labute approximate surface area is 104 Å². The summed E-state index contributed by atoms with van der Waals surface area (Å²) in [5.41, 5.74) is 6.09. The van der Waals surface area contributed by atoms with E-state index in [0.29, 0.717) is 23.2 Å². The van der Waals surface area contributed by atoms with Crippen molar-refractivity contribution >= 4 is 28.2 Å². The molecule has 17 heavy (non-hydrogen) atoms. The largest absolute Gasteiger partial charge is 0.320 e. The van der Waals surface area contributed by atoms with Gasteiger partial charge in [0.05, 0.1) is 6.04 Å². The van der Waals surface area contributed by atoms with Crippen LogP contribution in [-0.4, -0.2) is 22.7 Å². The Morgan fingerprint density at radius 1 is 1.53 bits per heavy atom. The van der Waals surface area contributed by atoms with E-state index in [2.05, 4.69) is 10.3 Å². The minimum absolute atomic E-state index is 0.117. The number of aromatic nitrogens is 1. The molecule has 1 amide bonds. The fraction of sp³-hybridized carbons (Fsp3) is 0.545. The van der Waals surface area contributed by atoms with Crippen molar-refractivity contribution in [1.29, 1.82) is 0 Å². The Morgan fingerprint density at radius 3 is 2.65 bits per heavy atom. The fourth-order valence-electron chi connectivity index (χ4n) is 1.31. The van der Waals surface area contributed by atoms with Gasteiger partial charge in [0, 0.05) is 12.3 Å². The second-order valence-electron chi connectivity index (χ2n) is 4.32. The number of nitrogens with two attached hydrogens (primary N) is 1. The summed E-state index contributed by atoms with van der Waals surface area (Å²) in [7, 11) is 0. The molecule has 1 atom stereocenters. The van der Waals surface area contributed by atoms with Gasteiger partial charge in [0.25, 0.3) is 0 Å². The maximum Gasteiger partial charge on any atom is 0.243 e. The summed E-state index contributed by atoms with van der Waals surface area (Å²) in [5, 5.41) is 4.65. The van der Waals surface area contributed by atoms with Gasteiger partial charge in [-0.1, -0.05) is 13.8 Å². The molecule has 0 fully saturated rings. The third-order valence-electron chi connectivity index (χ3n) is 2.16. The molecule has 0 unspecified atom stereocenters. The van der Waals surface area contributed by atoms with Crippen molar-refractivity contribution in [3.05, 3.63) is 11.1 Å². The van der Waals surface area contributed by atoms with Crippen LogP contribution >= 0.6 is 11.3 Å². The van der Waals surface area contributed by atoms with Crippen molar-refractivity contribution in [3.8, 4) is 0 Å². The first-order chi connectivity index (χ1) is 7.90. The molecular weight excluding hydrogens is 238 g/mol. The average Bonchev–Trinajstić information content (AvgIpc) is 2.65. The number of carbonyl (C=O) groups excluding carboxylic acids is 2. The lowest BCUT2D eigenvalue weighted by Gasteiger charge is -2.12. The molecule has 3 N–H and O–H groups in total. The first kappa shape index (κ1) is 13.8. The summed E-state index contributed by atoms with van der Waals surface area (Å²) in [6.45, 7) is 5.44. The predicted molar refractivity (Wildman–Crippen MR) is 68.2 cm³/mol. The third-order valence-corrected chi connectivity index (χ3v) is 2.91. The van der Waals surface area contributed by atoms with Crippen LogP contribution in [0.2, 0.25) is 0 Å². The summed E-state index contributed by atoms with van der Waals surface area (Å²) in [5.74, 6) is -0.0174. The number of hydrogen-bond donors (Lipinski definition) is 2. The van der Waals surface area contributed by atoms with Crippen LogP contribution in [0.3, 0.4) is 0 Å². The molecule has 1 aromatic rings. The second kappa shape index (κ2) is 5.88. The smallest absolute Gasteiger partial charge is 0.243 e. The van der Waals surface area contributed by atoms with Crippen LogP contribution in [0, 0.1) is 5.92 Å². The standard InChI is InChI=1S/C11H17N3O2S/c1-6(2)4-8(12)10(16)14-11-13-9(5-17-11)7(3)15/h5-6,8H,4,12H2,1-3H3,(H,13,14,16)/t8-/m1/s1. The number of Topliss-reactive ketones (excluding diaryl/α,β-unsaturated/α-hetero) is 1. The summed E-state index contributed by atoms with van der Waals surface area (Å²) in [4.78, 5) is 26.7. The highest BCUT2D eigenvalue weighted by atomic mass is 32.1. The molecule has 0 spiro atoms. The van der Waals surface area contributed by atoms with E-state index in [0.717, 1.165) is 0 Å². The van der Waals surface area contributed by atoms with Gasteiger partial charge in [0.15, 0.2) is 10.9 Å². The van der Waals surface area contributed by atoms with Crippen molar-refractivity contribution in [2.24, 2.45) is 11.7 Å². The molecule has 94 valence electrons. The zero-order valence-electron chi connectivity index (χ0n) is 10.2. The van der Waals surface area contributed by atoms with Crippen molar-refractivity contribution in [3.63, 3.8) is 0 Å². The van der Waals surface area contributed by atoms with Gasteiger partial charge in [-0.2, -0.15) is 0 Å².